The number of anilines is 2. The summed E-state index contributed by atoms with van der Waals surface area (Å²) in [5.74, 6) is 0.652. The Balaban J connectivity index is 1.80. The van der Waals surface area contributed by atoms with Gasteiger partial charge in [-0.25, -0.2) is 0 Å². The van der Waals surface area contributed by atoms with E-state index in [2.05, 4.69) is 11.4 Å². The Kier molecular flexibility index (Phi) is 4.82. The summed E-state index contributed by atoms with van der Waals surface area (Å²) >= 11 is 0. The van der Waals surface area contributed by atoms with Gasteiger partial charge in [-0.15, -0.1) is 0 Å². The zero-order valence-electron chi connectivity index (χ0n) is 12.3. The Labute approximate surface area is 124 Å². The van der Waals surface area contributed by atoms with Crippen molar-refractivity contribution >= 4 is 17.3 Å². The van der Waals surface area contributed by atoms with Gasteiger partial charge in [0, 0.05) is 11.4 Å². The fraction of sp³-hybridized carbons (Fsp3) is 0.235. The van der Waals surface area contributed by atoms with E-state index >= 15 is 0 Å². The Morgan fingerprint density at radius 1 is 1.10 bits per heavy atom. The summed E-state index contributed by atoms with van der Waals surface area (Å²) in [7, 11) is 0. The van der Waals surface area contributed by atoms with Gasteiger partial charge < -0.3 is 15.8 Å². The number of rotatable bonds is 5. The Bertz CT molecular complexity index is 601. The number of carbonyl (C=O) groups excluding carboxylic acids is 1. The maximum absolute atomic E-state index is 11.9. The molecule has 3 N–H and O–H groups in total. The van der Waals surface area contributed by atoms with E-state index < -0.39 is 0 Å². The lowest BCUT2D eigenvalue weighted by atomic mass is 10.1. The second kappa shape index (κ2) is 6.79. The van der Waals surface area contributed by atoms with Crippen LogP contribution in [0.5, 0.6) is 5.75 Å². The van der Waals surface area contributed by atoms with Crippen molar-refractivity contribution < 1.29 is 9.53 Å². The van der Waals surface area contributed by atoms with E-state index in [1.807, 2.05) is 26.0 Å². The van der Waals surface area contributed by atoms with Crippen LogP contribution >= 0.6 is 0 Å². The van der Waals surface area contributed by atoms with Gasteiger partial charge in [0.2, 0.25) is 5.91 Å². The summed E-state index contributed by atoms with van der Waals surface area (Å²) in [5, 5.41) is 2.88. The van der Waals surface area contributed by atoms with E-state index in [-0.39, 0.29) is 5.91 Å². The minimum Gasteiger partial charge on any atom is -0.493 e. The van der Waals surface area contributed by atoms with Crippen molar-refractivity contribution in [1.29, 1.82) is 0 Å². The average molecular weight is 284 g/mol. The number of carbonyl (C=O) groups is 1. The molecule has 0 bridgehead atoms. The molecule has 1 amide bonds. The molecule has 0 aromatic heterocycles. The third kappa shape index (κ3) is 4.84. The van der Waals surface area contributed by atoms with Crippen molar-refractivity contribution in [3.05, 3.63) is 53.6 Å². The van der Waals surface area contributed by atoms with Gasteiger partial charge in [0.1, 0.15) is 5.75 Å². The number of nitrogen functional groups attached to an aromatic ring is 1. The molecule has 0 atom stereocenters. The van der Waals surface area contributed by atoms with Crippen molar-refractivity contribution in [2.24, 2.45) is 0 Å². The van der Waals surface area contributed by atoms with Crippen LogP contribution in [0.25, 0.3) is 0 Å². The van der Waals surface area contributed by atoms with Crippen molar-refractivity contribution in [2.75, 3.05) is 17.7 Å². The molecule has 0 heterocycles. The van der Waals surface area contributed by atoms with Gasteiger partial charge >= 0.3 is 0 Å². The highest BCUT2D eigenvalue weighted by Crippen LogP contribution is 2.15. The van der Waals surface area contributed by atoms with Gasteiger partial charge in [0.05, 0.1) is 13.0 Å². The van der Waals surface area contributed by atoms with Crippen LogP contribution in [-0.2, 0) is 4.79 Å². The molecule has 110 valence electrons. The molecule has 4 nitrogen and oxygen atoms in total. The van der Waals surface area contributed by atoms with Gasteiger partial charge in [0.25, 0.3) is 0 Å². The quantitative estimate of drug-likeness (QED) is 0.828. The average Bonchev–Trinajstić information content (AvgIpc) is 2.39. The third-order valence-corrected chi connectivity index (χ3v) is 2.98. The SMILES string of the molecule is Cc1cc(C)cc(NC(=O)CCOc2ccc(N)cc2)c1. The van der Waals surface area contributed by atoms with Crippen LogP contribution in [0.3, 0.4) is 0 Å². The minimum atomic E-state index is -0.0598. The van der Waals surface area contributed by atoms with Gasteiger partial charge in [-0.3, -0.25) is 4.79 Å². The number of ether oxygens (including phenoxy) is 1. The molecule has 0 saturated carbocycles. The Hall–Kier alpha value is -2.49. The van der Waals surface area contributed by atoms with E-state index in [1.54, 1.807) is 24.3 Å². The van der Waals surface area contributed by atoms with Gasteiger partial charge in [-0.05, 0) is 61.4 Å². The van der Waals surface area contributed by atoms with Gasteiger partial charge in [-0.2, -0.15) is 0 Å². The maximum atomic E-state index is 11.9. The lowest BCUT2D eigenvalue weighted by Gasteiger charge is -2.09. The molecule has 0 radical (unpaired) electrons. The number of amides is 1. The predicted octanol–water partition coefficient (Wildman–Crippen LogP) is 3.29. The Morgan fingerprint density at radius 3 is 2.33 bits per heavy atom. The molecular weight excluding hydrogens is 264 g/mol. The summed E-state index contributed by atoms with van der Waals surface area (Å²) in [6, 6.07) is 13.1. The number of aryl methyl sites for hydroxylation is 2. The summed E-state index contributed by atoms with van der Waals surface area (Å²) in [5.41, 5.74) is 9.36. The molecule has 21 heavy (non-hydrogen) atoms. The van der Waals surface area contributed by atoms with Crippen LogP contribution in [0.4, 0.5) is 11.4 Å². The highest BCUT2D eigenvalue weighted by molar-refractivity contribution is 5.90. The first-order valence-corrected chi connectivity index (χ1v) is 6.89. The smallest absolute Gasteiger partial charge is 0.227 e. The number of benzene rings is 2. The van der Waals surface area contributed by atoms with Gasteiger partial charge in [-0.1, -0.05) is 6.07 Å². The standard InChI is InChI=1S/C17H20N2O2/c1-12-9-13(2)11-15(10-12)19-17(20)7-8-21-16-5-3-14(18)4-6-16/h3-6,9-11H,7-8,18H2,1-2H3,(H,19,20). The molecule has 0 spiro atoms. The number of hydrogen-bond acceptors (Lipinski definition) is 3. The molecule has 0 aliphatic carbocycles. The van der Waals surface area contributed by atoms with E-state index in [0.717, 1.165) is 16.8 Å². The van der Waals surface area contributed by atoms with Crippen LogP contribution in [0.1, 0.15) is 17.5 Å². The predicted molar refractivity (Wildman–Crippen MR) is 85.5 cm³/mol. The van der Waals surface area contributed by atoms with Crippen LogP contribution in [-0.4, -0.2) is 12.5 Å². The Morgan fingerprint density at radius 2 is 1.71 bits per heavy atom. The molecule has 0 aliphatic rings. The number of hydrogen-bond donors (Lipinski definition) is 2. The van der Waals surface area contributed by atoms with E-state index in [0.29, 0.717) is 24.5 Å². The summed E-state index contributed by atoms with van der Waals surface area (Å²) < 4.78 is 5.50. The van der Waals surface area contributed by atoms with Crippen LogP contribution in [0.2, 0.25) is 0 Å². The first-order valence-electron chi connectivity index (χ1n) is 6.89. The fourth-order valence-corrected chi connectivity index (χ4v) is 2.10. The van der Waals surface area contributed by atoms with E-state index in [9.17, 15) is 4.79 Å². The molecule has 0 unspecified atom stereocenters. The normalized spacial score (nSPS) is 10.2. The molecule has 0 saturated heterocycles. The molecule has 2 rings (SSSR count). The lowest BCUT2D eigenvalue weighted by molar-refractivity contribution is -0.116. The summed E-state index contributed by atoms with van der Waals surface area (Å²) in [6.07, 6.45) is 0.303. The third-order valence-electron chi connectivity index (χ3n) is 2.98. The number of nitrogens with two attached hydrogens (primary N) is 1. The second-order valence-electron chi connectivity index (χ2n) is 5.09. The topological polar surface area (TPSA) is 64.3 Å². The van der Waals surface area contributed by atoms with Crippen molar-refractivity contribution in [1.82, 2.24) is 0 Å². The van der Waals surface area contributed by atoms with Crippen molar-refractivity contribution in [3.8, 4) is 5.75 Å². The monoisotopic (exact) mass is 284 g/mol. The molecular formula is C17H20N2O2. The number of nitrogens with one attached hydrogen (secondary N) is 1. The fourth-order valence-electron chi connectivity index (χ4n) is 2.10. The first-order chi connectivity index (χ1) is 10.0. The summed E-state index contributed by atoms with van der Waals surface area (Å²) in [4.78, 5) is 11.9. The maximum Gasteiger partial charge on any atom is 0.227 e. The first kappa shape index (κ1) is 14.9. The summed E-state index contributed by atoms with van der Waals surface area (Å²) in [6.45, 7) is 4.35. The van der Waals surface area contributed by atoms with Crippen molar-refractivity contribution in [3.63, 3.8) is 0 Å². The van der Waals surface area contributed by atoms with Crippen LogP contribution < -0.4 is 15.8 Å². The highest BCUT2D eigenvalue weighted by Gasteiger charge is 2.04. The molecule has 2 aromatic carbocycles. The van der Waals surface area contributed by atoms with Gasteiger partial charge in [0.15, 0.2) is 0 Å². The molecule has 0 fully saturated rings. The largest absolute Gasteiger partial charge is 0.493 e. The minimum absolute atomic E-state index is 0.0598. The van der Waals surface area contributed by atoms with E-state index in [4.69, 9.17) is 10.5 Å². The highest BCUT2D eigenvalue weighted by atomic mass is 16.5. The van der Waals surface area contributed by atoms with E-state index in [1.165, 1.54) is 0 Å². The molecule has 4 heteroatoms. The van der Waals surface area contributed by atoms with Crippen LogP contribution in [0.15, 0.2) is 42.5 Å². The lowest BCUT2D eigenvalue weighted by Crippen LogP contribution is -2.15. The molecule has 2 aromatic rings. The second-order valence-corrected chi connectivity index (χ2v) is 5.09. The van der Waals surface area contributed by atoms with Crippen molar-refractivity contribution in [2.45, 2.75) is 20.3 Å². The van der Waals surface area contributed by atoms with Crippen LogP contribution in [0, 0.1) is 13.8 Å². The zero-order chi connectivity index (χ0) is 15.2. The zero-order valence-corrected chi connectivity index (χ0v) is 12.3. The molecule has 0 aliphatic heterocycles.